The van der Waals surface area contributed by atoms with Gasteiger partial charge in [0.25, 0.3) is 5.91 Å². The number of para-hydroxylation sites is 1. The second-order valence-corrected chi connectivity index (χ2v) is 5.61. The topological polar surface area (TPSA) is 38.3 Å². The predicted molar refractivity (Wildman–Crippen MR) is 90.8 cm³/mol. The minimum atomic E-state index is -0.0979. The first-order valence-electron chi connectivity index (χ1n) is 7.66. The highest BCUT2D eigenvalue weighted by molar-refractivity contribution is 6.04. The first-order chi connectivity index (χ1) is 10.5. The van der Waals surface area contributed by atoms with Crippen LogP contribution < -0.4 is 10.1 Å². The molecule has 2 aromatic rings. The van der Waals surface area contributed by atoms with Gasteiger partial charge < -0.3 is 10.1 Å². The summed E-state index contributed by atoms with van der Waals surface area (Å²) in [5, 5.41) is 3.01. The first-order valence-corrected chi connectivity index (χ1v) is 7.66. The Bertz CT molecular complexity index is 662. The van der Waals surface area contributed by atoms with Crippen LogP contribution in [0.5, 0.6) is 5.75 Å². The molecule has 0 aliphatic carbocycles. The Hall–Kier alpha value is -2.29. The summed E-state index contributed by atoms with van der Waals surface area (Å²) in [5.41, 5.74) is 3.61. The van der Waals surface area contributed by atoms with Gasteiger partial charge in [0, 0.05) is 11.3 Å². The zero-order valence-corrected chi connectivity index (χ0v) is 13.6. The molecule has 1 N–H and O–H groups in total. The van der Waals surface area contributed by atoms with Crippen molar-refractivity contribution in [1.29, 1.82) is 0 Å². The lowest BCUT2D eigenvalue weighted by Gasteiger charge is -2.14. The standard InChI is InChI=1S/C19H23NO2/c1-5-22-18-11-10-15(12-14(18)4)19(21)20-17-9-7-6-8-16(17)13(2)3/h6-13H,5H2,1-4H3,(H,20,21). The zero-order chi connectivity index (χ0) is 16.1. The van der Waals surface area contributed by atoms with E-state index < -0.39 is 0 Å². The molecule has 3 heteroatoms. The molecule has 0 heterocycles. The highest BCUT2D eigenvalue weighted by Crippen LogP contribution is 2.25. The van der Waals surface area contributed by atoms with Crippen molar-refractivity contribution in [2.45, 2.75) is 33.6 Å². The first kappa shape index (κ1) is 16.1. The van der Waals surface area contributed by atoms with Crippen molar-refractivity contribution in [2.24, 2.45) is 0 Å². The molecule has 3 nitrogen and oxygen atoms in total. The highest BCUT2D eigenvalue weighted by Gasteiger charge is 2.12. The van der Waals surface area contributed by atoms with E-state index in [9.17, 15) is 4.79 Å². The number of carbonyl (C=O) groups is 1. The SMILES string of the molecule is CCOc1ccc(C(=O)Nc2ccccc2C(C)C)cc1C. The molecule has 0 unspecified atom stereocenters. The zero-order valence-electron chi connectivity index (χ0n) is 13.6. The Kier molecular flexibility index (Phi) is 5.21. The van der Waals surface area contributed by atoms with Crippen LogP contribution in [0.15, 0.2) is 42.5 Å². The van der Waals surface area contributed by atoms with Gasteiger partial charge in [-0.1, -0.05) is 32.0 Å². The van der Waals surface area contributed by atoms with Gasteiger partial charge in [0.2, 0.25) is 0 Å². The minimum absolute atomic E-state index is 0.0979. The van der Waals surface area contributed by atoms with Crippen molar-refractivity contribution >= 4 is 11.6 Å². The van der Waals surface area contributed by atoms with Gasteiger partial charge in [-0.05, 0) is 55.2 Å². The van der Waals surface area contributed by atoms with Crippen LogP contribution in [0.1, 0.15) is 48.2 Å². The van der Waals surface area contributed by atoms with Gasteiger partial charge in [-0.2, -0.15) is 0 Å². The van der Waals surface area contributed by atoms with E-state index in [-0.39, 0.29) is 5.91 Å². The maximum atomic E-state index is 12.5. The van der Waals surface area contributed by atoms with E-state index in [1.807, 2.05) is 50.2 Å². The quantitative estimate of drug-likeness (QED) is 0.863. The molecule has 0 aliphatic rings. The smallest absolute Gasteiger partial charge is 0.255 e. The molecule has 0 atom stereocenters. The number of hydrogen-bond donors (Lipinski definition) is 1. The third kappa shape index (κ3) is 3.67. The van der Waals surface area contributed by atoms with Crippen molar-refractivity contribution < 1.29 is 9.53 Å². The van der Waals surface area contributed by atoms with E-state index in [1.165, 1.54) is 0 Å². The molecule has 0 saturated heterocycles. The second kappa shape index (κ2) is 7.12. The molecule has 116 valence electrons. The molecule has 2 rings (SSSR count). The number of anilines is 1. The lowest BCUT2D eigenvalue weighted by Crippen LogP contribution is -2.14. The van der Waals surface area contributed by atoms with Gasteiger partial charge in [0.1, 0.15) is 5.75 Å². The molecule has 0 aliphatic heterocycles. The summed E-state index contributed by atoms with van der Waals surface area (Å²) in [7, 11) is 0. The molecule has 0 bridgehead atoms. The Morgan fingerprint density at radius 3 is 2.55 bits per heavy atom. The summed E-state index contributed by atoms with van der Waals surface area (Å²) in [6, 6.07) is 13.4. The van der Waals surface area contributed by atoms with Gasteiger partial charge in [-0.25, -0.2) is 0 Å². The van der Waals surface area contributed by atoms with Crippen LogP contribution in [0, 0.1) is 6.92 Å². The lowest BCUT2D eigenvalue weighted by atomic mass is 10.0. The molecule has 1 amide bonds. The number of benzene rings is 2. The van der Waals surface area contributed by atoms with Gasteiger partial charge in [0.15, 0.2) is 0 Å². The normalized spacial score (nSPS) is 10.6. The van der Waals surface area contributed by atoms with E-state index in [1.54, 1.807) is 6.07 Å². The molecular weight excluding hydrogens is 274 g/mol. The largest absolute Gasteiger partial charge is 0.494 e. The molecule has 0 fully saturated rings. The number of carbonyl (C=O) groups excluding carboxylic acids is 1. The Morgan fingerprint density at radius 2 is 1.91 bits per heavy atom. The molecule has 0 radical (unpaired) electrons. The van der Waals surface area contributed by atoms with Crippen LogP contribution in [0.3, 0.4) is 0 Å². The molecule has 0 aromatic heterocycles. The van der Waals surface area contributed by atoms with Gasteiger partial charge >= 0.3 is 0 Å². The lowest BCUT2D eigenvalue weighted by molar-refractivity contribution is 0.102. The third-order valence-electron chi connectivity index (χ3n) is 3.57. The van der Waals surface area contributed by atoms with Crippen LogP contribution in [0.4, 0.5) is 5.69 Å². The van der Waals surface area contributed by atoms with Crippen LogP contribution in [0.2, 0.25) is 0 Å². The average molecular weight is 297 g/mol. The third-order valence-corrected chi connectivity index (χ3v) is 3.57. The molecular formula is C19H23NO2. The average Bonchev–Trinajstić information content (AvgIpc) is 2.49. The number of amides is 1. The molecule has 22 heavy (non-hydrogen) atoms. The maximum Gasteiger partial charge on any atom is 0.255 e. The number of nitrogens with one attached hydrogen (secondary N) is 1. The maximum absolute atomic E-state index is 12.5. The van der Waals surface area contributed by atoms with E-state index in [4.69, 9.17) is 4.74 Å². The fraction of sp³-hybridized carbons (Fsp3) is 0.316. The number of hydrogen-bond acceptors (Lipinski definition) is 2. The summed E-state index contributed by atoms with van der Waals surface area (Å²) in [4.78, 5) is 12.5. The van der Waals surface area contributed by atoms with E-state index in [0.29, 0.717) is 18.1 Å². The van der Waals surface area contributed by atoms with E-state index in [0.717, 1.165) is 22.6 Å². The van der Waals surface area contributed by atoms with Gasteiger partial charge in [-0.15, -0.1) is 0 Å². The summed E-state index contributed by atoms with van der Waals surface area (Å²) < 4.78 is 5.51. The summed E-state index contributed by atoms with van der Waals surface area (Å²) >= 11 is 0. The van der Waals surface area contributed by atoms with Crippen molar-refractivity contribution in [3.63, 3.8) is 0 Å². The van der Waals surface area contributed by atoms with Crippen LogP contribution >= 0.6 is 0 Å². The highest BCUT2D eigenvalue weighted by atomic mass is 16.5. The Balaban J connectivity index is 2.21. The van der Waals surface area contributed by atoms with E-state index >= 15 is 0 Å². The second-order valence-electron chi connectivity index (χ2n) is 5.61. The van der Waals surface area contributed by atoms with E-state index in [2.05, 4.69) is 19.2 Å². The van der Waals surface area contributed by atoms with Crippen molar-refractivity contribution in [2.75, 3.05) is 11.9 Å². The molecule has 2 aromatic carbocycles. The van der Waals surface area contributed by atoms with Crippen molar-refractivity contribution in [1.82, 2.24) is 0 Å². The number of rotatable bonds is 5. The summed E-state index contributed by atoms with van der Waals surface area (Å²) in [6.07, 6.45) is 0. The van der Waals surface area contributed by atoms with Crippen molar-refractivity contribution in [3.8, 4) is 5.75 Å². The Morgan fingerprint density at radius 1 is 1.18 bits per heavy atom. The fourth-order valence-corrected chi connectivity index (χ4v) is 2.42. The fourth-order valence-electron chi connectivity index (χ4n) is 2.42. The van der Waals surface area contributed by atoms with Crippen LogP contribution in [-0.4, -0.2) is 12.5 Å². The van der Waals surface area contributed by atoms with Gasteiger partial charge in [-0.3, -0.25) is 4.79 Å². The minimum Gasteiger partial charge on any atom is -0.494 e. The van der Waals surface area contributed by atoms with Crippen molar-refractivity contribution in [3.05, 3.63) is 59.2 Å². The van der Waals surface area contributed by atoms with Gasteiger partial charge in [0.05, 0.1) is 6.61 Å². The number of aryl methyl sites for hydroxylation is 1. The summed E-state index contributed by atoms with van der Waals surface area (Å²) in [6.45, 7) is 8.75. The monoisotopic (exact) mass is 297 g/mol. The molecule has 0 spiro atoms. The summed E-state index contributed by atoms with van der Waals surface area (Å²) in [5.74, 6) is 1.08. The Labute approximate surface area is 132 Å². The number of ether oxygens (including phenoxy) is 1. The van der Waals surface area contributed by atoms with Crippen LogP contribution in [-0.2, 0) is 0 Å². The molecule has 0 saturated carbocycles. The van der Waals surface area contributed by atoms with Crippen LogP contribution in [0.25, 0.3) is 0 Å². The predicted octanol–water partition coefficient (Wildman–Crippen LogP) is 4.77.